The van der Waals surface area contributed by atoms with Gasteiger partial charge in [-0.25, -0.2) is 4.79 Å². The average molecular weight is 180 g/mol. The van der Waals surface area contributed by atoms with E-state index in [1.165, 1.54) is 4.90 Å². The lowest BCUT2D eigenvalue weighted by Crippen LogP contribution is -2.39. The van der Waals surface area contributed by atoms with Gasteiger partial charge in [-0.05, 0) is 12.8 Å². The van der Waals surface area contributed by atoms with Crippen LogP contribution in [0.3, 0.4) is 0 Å². The number of alkyl halides is 1. The number of hydrogen-bond acceptors (Lipinski definition) is 1. The van der Waals surface area contributed by atoms with Crippen molar-refractivity contribution in [1.82, 2.24) is 4.90 Å². The van der Waals surface area contributed by atoms with Crippen molar-refractivity contribution >= 4 is 17.7 Å². The van der Waals surface area contributed by atoms with Gasteiger partial charge in [0, 0.05) is 6.04 Å². The summed E-state index contributed by atoms with van der Waals surface area (Å²) in [6.07, 6.45) is -0.957. The van der Waals surface area contributed by atoms with Gasteiger partial charge in [-0.1, -0.05) is 13.8 Å². The van der Waals surface area contributed by atoms with Crippen molar-refractivity contribution in [2.45, 2.75) is 26.8 Å². The van der Waals surface area contributed by atoms with Crippen molar-refractivity contribution in [2.24, 2.45) is 5.92 Å². The Labute approximate surface area is 71.9 Å². The van der Waals surface area contributed by atoms with E-state index in [-0.39, 0.29) is 12.0 Å². The predicted octanol–water partition coefficient (Wildman–Crippen LogP) is 2.21. The van der Waals surface area contributed by atoms with Gasteiger partial charge in [-0.2, -0.15) is 0 Å². The lowest BCUT2D eigenvalue weighted by molar-refractivity contribution is 0.126. The fraction of sp³-hybridized carbons (Fsp3) is 0.857. The van der Waals surface area contributed by atoms with Crippen molar-refractivity contribution in [3.8, 4) is 0 Å². The van der Waals surface area contributed by atoms with Gasteiger partial charge < -0.3 is 5.11 Å². The molecule has 1 N–H and O–H groups in total. The molecule has 0 fully saturated rings. The van der Waals surface area contributed by atoms with Crippen LogP contribution >= 0.6 is 11.6 Å². The summed E-state index contributed by atoms with van der Waals surface area (Å²) in [5.41, 5.74) is 0. The molecule has 1 amide bonds. The van der Waals surface area contributed by atoms with Crippen LogP contribution in [0.2, 0.25) is 0 Å². The third kappa shape index (κ3) is 2.97. The second-order valence-electron chi connectivity index (χ2n) is 2.86. The second kappa shape index (κ2) is 4.44. The van der Waals surface area contributed by atoms with E-state index in [4.69, 9.17) is 16.7 Å². The first-order valence-corrected chi connectivity index (χ1v) is 4.09. The number of nitrogens with zero attached hydrogens (tertiary/aromatic N) is 1. The van der Waals surface area contributed by atoms with Gasteiger partial charge in [-0.15, -0.1) is 11.6 Å². The van der Waals surface area contributed by atoms with Crippen molar-refractivity contribution in [3.05, 3.63) is 0 Å². The maximum Gasteiger partial charge on any atom is 0.408 e. The first-order valence-electron chi connectivity index (χ1n) is 3.56. The standard InChI is InChI=1S/C7H14ClNO2/c1-5(2)6(3)9(4-8)7(10)11/h5-6H,4H2,1-3H3,(H,10,11)/t6-/m0/s1. The molecule has 3 nitrogen and oxygen atoms in total. The van der Waals surface area contributed by atoms with Gasteiger partial charge >= 0.3 is 6.09 Å². The van der Waals surface area contributed by atoms with E-state index < -0.39 is 6.09 Å². The number of carboxylic acid groups (broad SMARTS) is 1. The molecule has 0 aliphatic rings. The highest BCUT2D eigenvalue weighted by Crippen LogP contribution is 2.10. The van der Waals surface area contributed by atoms with E-state index in [1.54, 1.807) is 0 Å². The molecule has 0 unspecified atom stereocenters. The summed E-state index contributed by atoms with van der Waals surface area (Å²) in [7, 11) is 0. The van der Waals surface area contributed by atoms with Gasteiger partial charge in [0.1, 0.15) is 0 Å². The van der Waals surface area contributed by atoms with Crippen LogP contribution in [0, 0.1) is 5.92 Å². The van der Waals surface area contributed by atoms with Crippen LogP contribution in [0.1, 0.15) is 20.8 Å². The molecule has 4 heteroatoms. The summed E-state index contributed by atoms with van der Waals surface area (Å²) in [6.45, 7) is 5.78. The van der Waals surface area contributed by atoms with Gasteiger partial charge in [-0.3, -0.25) is 4.90 Å². The summed E-state index contributed by atoms with van der Waals surface area (Å²) >= 11 is 5.45. The fourth-order valence-electron chi connectivity index (χ4n) is 0.694. The molecule has 11 heavy (non-hydrogen) atoms. The number of hydrogen-bond donors (Lipinski definition) is 1. The number of carbonyl (C=O) groups is 1. The van der Waals surface area contributed by atoms with Gasteiger partial charge in [0.2, 0.25) is 0 Å². The molecule has 0 aliphatic heterocycles. The Morgan fingerprint density at radius 1 is 1.55 bits per heavy atom. The molecule has 0 aliphatic carbocycles. The zero-order valence-electron chi connectivity index (χ0n) is 7.04. The van der Waals surface area contributed by atoms with Gasteiger partial charge in [0.05, 0.1) is 6.00 Å². The monoisotopic (exact) mass is 179 g/mol. The molecule has 0 heterocycles. The molecule has 0 rings (SSSR count). The third-order valence-corrected chi connectivity index (χ3v) is 2.09. The molecule has 0 radical (unpaired) electrons. The largest absolute Gasteiger partial charge is 0.465 e. The Hall–Kier alpha value is -0.440. The van der Waals surface area contributed by atoms with E-state index in [2.05, 4.69) is 0 Å². The zero-order valence-corrected chi connectivity index (χ0v) is 7.80. The van der Waals surface area contributed by atoms with Crippen LogP contribution in [0.15, 0.2) is 0 Å². The molecule has 0 aromatic heterocycles. The molecule has 0 spiro atoms. The van der Waals surface area contributed by atoms with Crippen LogP contribution in [-0.4, -0.2) is 28.1 Å². The van der Waals surface area contributed by atoms with E-state index in [0.29, 0.717) is 5.92 Å². The van der Waals surface area contributed by atoms with Crippen molar-refractivity contribution < 1.29 is 9.90 Å². The third-order valence-electron chi connectivity index (χ3n) is 1.83. The summed E-state index contributed by atoms with van der Waals surface area (Å²) in [6, 6.07) is 0.0132. The van der Waals surface area contributed by atoms with Crippen molar-refractivity contribution in [3.63, 3.8) is 0 Å². The second-order valence-corrected chi connectivity index (χ2v) is 3.10. The van der Waals surface area contributed by atoms with E-state index in [9.17, 15) is 4.79 Å². The summed E-state index contributed by atoms with van der Waals surface area (Å²) in [5.74, 6) is 0.296. The van der Waals surface area contributed by atoms with Crippen LogP contribution in [-0.2, 0) is 0 Å². The Morgan fingerprint density at radius 2 is 2.00 bits per heavy atom. The first-order chi connectivity index (χ1) is 5.00. The van der Waals surface area contributed by atoms with Gasteiger partial charge in [0.15, 0.2) is 0 Å². The minimum atomic E-state index is -0.957. The molecular weight excluding hydrogens is 166 g/mol. The summed E-state index contributed by atoms with van der Waals surface area (Å²) in [5, 5.41) is 8.63. The Bertz CT molecular complexity index is 138. The Morgan fingerprint density at radius 3 is 2.09 bits per heavy atom. The lowest BCUT2D eigenvalue weighted by Gasteiger charge is -2.26. The van der Waals surface area contributed by atoms with E-state index in [1.807, 2.05) is 20.8 Å². The number of amides is 1. The fourth-order valence-corrected chi connectivity index (χ4v) is 1.01. The first kappa shape index (κ1) is 10.6. The summed E-state index contributed by atoms with van der Waals surface area (Å²) < 4.78 is 0. The maximum absolute atomic E-state index is 10.5. The molecule has 0 bridgehead atoms. The zero-order chi connectivity index (χ0) is 9.02. The van der Waals surface area contributed by atoms with E-state index in [0.717, 1.165) is 0 Å². The summed E-state index contributed by atoms with van der Waals surface area (Å²) in [4.78, 5) is 11.7. The number of rotatable bonds is 3. The molecule has 66 valence electrons. The molecule has 1 atom stereocenters. The Kier molecular flexibility index (Phi) is 4.26. The van der Waals surface area contributed by atoms with Crippen LogP contribution in [0.25, 0.3) is 0 Å². The SMILES string of the molecule is CC(C)[C@H](C)N(CCl)C(=O)O. The normalized spacial score (nSPS) is 13.2. The Balaban J connectivity index is 4.14. The molecule has 0 saturated carbocycles. The maximum atomic E-state index is 10.5. The van der Waals surface area contributed by atoms with Crippen molar-refractivity contribution in [2.75, 3.05) is 6.00 Å². The molecule has 0 saturated heterocycles. The molecule has 0 aromatic rings. The average Bonchev–Trinajstić information content (AvgIpc) is 1.88. The predicted molar refractivity (Wildman–Crippen MR) is 44.9 cm³/mol. The lowest BCUT2D eigenvalue weighted by atomic mass is 10.1. The van der Waals surface area contributed by atoms with Crippen LogP contribution in [0.5, 0.6) is 0 Å². The minimum Gasteiger partial charge on any atom is -0.465 e. The number of halogens is 1. The highest BCUT2D eigenvalue weighted by molar-refractivity contribution is 6.18. The minimum absolute atomic E-state index is 0.0231. The quantitative estimate of drug-likeness (QED) is 0.533. The topological polar surface area (TPSA) is 40.5 Å². The van der Waals surface area contributed by atoms with E-state index >= 15 is 0 Å². The van der Waals surface area contributed by atoms with Gasteiger partial charge in [0.25, 0.3) is 0 Å². The smallest absolute Gasteiger partial charge is 0.408 e. The van der Waals surface area contributed by atoms with Crippen LogP contribution < -0.4 is 0 Å². The van der Waals surface area contributed by atoms with Crippen LogP contribution in [0.4, 0.5) is 4.79 Å². The van der Waals surface area contributed by atoms with Crippen molar-refractivity contribution in [1.29, 1.82) is 0 Å². The highest BCUT2D eigenvalue weighted by atomic mass is 35.5. The highest BCUT2D eigenvalue weighted by Gasteiger charge is 2.20. The molecular formula is C7H14ClNO2. The molecule has 0 aromatic carbocycles.